The van der Waals surface area contributed by atoms with Crippen LogP contribution in [0.25, 0.3) is 10.4 Å². The van der Waals surface area contributed by atoms with Crippen molar-refractivity contribution in [3.63, 3.8) is 0 Å². The van der Waals surface area contributed by atoms with Crippen molar-refractivity contribution in [2.24, 2.45) is 0 Å². The Labute approximate surface area is 190 Å². The van der Waals surface area contributed by atoms with Crippen molar-refractivity contribution in [3.8, 4) is 16.2 Å². The van der Waals surface area contributed by atoms with Crippen molar-refractivity contribution in [1.82, 2.24) is 9.62 Å². The van der Waals surface area contributed by atoms with Crippen LogP contribution >= 0.6 is 22.7 Å². The quantitative estimate of drug-likeness (QED) is 0.546. The molecule has 1 saturated heterocycles. The molecule has 0 spiro atoms. The van der Waals surface area contributed by atoms with Gasteiger partial charge in [-0.15, -0.1) is 22.7 Å². The standard InChI is InChI=1S/C22H24N2O4S3/c1-2-28-18-15-19(16-7-4-3-5-8-16)30-21(18)22(25)24-12-10-17(11-13-24)23-31(26,27)20-9-6-14-29-20/h3-9,14-15,17,23H,2,10-13H2,1H3. The number of carbonyl (C=O) groups is 1. The molecule has 0 saturated carbocycles. The molecule has 4 rings (SSSR count). The average Bonchev–Trinajstić information content (AvgIpc) is 3.46. The highest BCUT2D eigenvalue weighted by molar-refractivity contribution is 7.91. The first-order valence-electron chi connectivity index (χ1n) is 10.1. The normalized spacial score (nSPS) is 15.2. The number of piperidine rings is 1. The van der Waals surface area contributed by atoms with E-state index < -0.39 is 10.0 Å². The molecule has 6 nitrogen and oxygen atoms in total. The van der Waals surface area contributed by atoms with E-state index in [1.807, 2.05) is 43.3 Å². The molecule has 0 atom stereocenters. The molecule has 0 aliphatic carbocycles. The highest BCUT2D eigenvalue weighted by Crippen LogP contribution is 2.37. The summed E-state index contributed by atoms with van der Waals surface area (Å²) < 4.78 is 33.8. The molecule has 0 radical (unpaired) electrons. The second-order valence-corrected chi connectivity index (χ2v) is 11.2. The van der Waals surface area contributed by atoms with Crippen LogP contribution < -0.4 is 9.46 Å². The lowest BCUT2D eigenvalue weighted by molar-refractivity contribution is 0.0712. The van der Waals surface area contributed by atoms with Gasteiger partial charge in [0.15, 0.2) is 0 Å². The number of thiophene rings is 2. The van der Waals surface area contributed by atoms with E-state index in [-0.39, 0.29) is 11.9 Å². The van der Waals surface area contributed by atoms with Gasteiger partial charge >= 0.3 is 0 Å². The van der Waals surface area contributed by atoms with Gasteiger partial charge in [0, 0.05) is 24.0 Å². The molecule has 0 bridgehead atoms. The fourth-order valence-electron chi connectivity index (χ4n) is 3.57. The maximum atomic E-state index is 13.2. The second-order valence-electron chi connectivity index (χ2n) is 7.22. The minimum absolute atomic E-state index is 0.0600. The molecule has 0 unspecified atom stereocenters. The molecule has 3 aromatic rings. The fourth-order valence-corrected chi connectivity index (χ4v) is 6.96. The molecule has 9 heteroatoms. The second kappa shape index (κ2) is 9.52. The van der Waals surface area contributed by atoms with Gasteiger partial charge in [-0.2, -0.15) is 0 Å². The van der Waals surface area contributed by atoms with Crippen molar-refractivity contribution in [1.29, 1.82) is 0 Å². The van der Waals surface area contributed by atoms with E-state index in [1.165, 1.54) is 22.7 Å². The molecule has 164 valence electrons. The number of sulfonamides is 1. The van der Waals surface area contributed by atoms with Gasteiger partial charge in [-0.25, -0.2) is 13.1 Å². The molecule has 2 aromatic heterocycles. The van der Waals surface area contributed by atoms with Gasteiger partial charge in [0.25, 0.3) is 5.91 Å². The third-order valence-corrected chi connectivity index (χ3v) is 9.19. The minimum Gasteiger partial charge on any atom is -0.492 e. The smallest absolute Gasteiger partial charge is 0.267 e. The van der Waals surface area contributed by atoms with Crippen LogP contribution in [0.5, 0.6) is 5.75 Å². The van der Waals surface area contributed by atoms with E-state index >= 15 is 0 Å². The number of nitrogens with zero attached hydrogens (tertiary/aromatic N) is 1. The summed E-state index contributed by atoms with van der Waals surface area (Å²) in [6.07, 6.45) is 1.16. The lowest BCUT2D eigenvalue weighted by atomic mass is 10.1. The number of likely N-dealkylation sites (tertiary alicyclic amines) is 1. The van der Waals surface area contributed by atoms with Crippen LogP contribution in [-0.4, -0.2) is 45.0 Å². The van der Waals surface area contributed by atoms with E-state index in [0.717, 1.165) is 10.4 Å². The zero-order chi connectivity index (χ0) is 21.8. The first kappa shape index (κ1) is 22.0. The average molecular weight is 477 g/mol. The molecule has 3 heterocycles. The molecule has 1 amide bonds. The summed E-state index contributed by atoms with van der Waals surface area (Å²) in [6, 6.07) is 15.0. The Morgan fingerprint density at radius 1 is 1.16 bits per heavy atom. The van der Waals surface area contributed by atoms with Gasteiger partial charge in [-0.1, -0.05) is 36.4 Å². The first-order valence-corrected chi connectivity index (χ1v) is 13.3. The Morgan fingerprint density at radius 3 is 2.55 bits per heavy atom. The van der Waals surface area contributed by atoms with Gasteiger partial charge < -0.3 is 9.64 Å². The van der Waals surface area contributed by atoms with Crippen molar-refractivity contribution >= 4 is 38.6 Å². The van der Waals surface area contributed by atoms with Gasteiger partial charge in [0.1, 0.15) is 14.8 Å². The molecule has 31 heavy (non-hydrogen) atoms. The van der Waals surface area contributed by atoms with Gasteiger partial charge in [0.2, 0.25) is 10.0 Å². The van der Waals surface area contributed by atoms with Crippen molar-refractivity contribution < 1.29 is 17.9 Å². The van der Waals surface area contributed by atoms with Crippen LogP contribution in [0, 0.1) is 0 Å². The molecule has 1 aliphatic rings. The largest absolute Gasteiger partial charge is 0.492 e. The third-order valence-electron chi connectivity index (χ3n) is 5.11. The van der Waals surface area contributed by atoms with Crippen LogP contribution in [0.4, 0.5) is 0 Å². The van der Waals surface area contributed by atoms with Gasteiger partial charge in [-0.3, -0.25) is 4.79 Å². The third kappa shape index (κ3) is 5.01. The topological polar surface area (TPSA) is 75.7 Å². The van der Waals surface area contributed by atoms with Crippen LogP contribution in [-0.2, 0) is 10.0 Å². The molecule has 1 fully saturated rings. The summed E-state index contributed by atoms with van der Waals surface area (Å²) in [5, 5.41) is 1.75. The number of nitrogens with one attached hydrogen (secondary N) is 1. The van der Waals surface area contributed by atoms with Crippen molar-refractivity contribution in [2.75, 3.05) is 19.7 Å². The fraction of sp³-hybridized carbons (Fsp3) is 0.318. The lowest BCUT2D eigenvalue weighted by Crippen LogP contribution is -2.46. The maximum Gasteiger partial charge on any atom is 0.267 e. The molecular weight excluding hydrogens is 452 g/mol. The number of benzene rings is 1. The zero-order valence-electron chi connectivity index (χ0n) is 17.1. The van der Waals surface area contributed by atoms with E-state index in [4.69, 9.17) is 4.74 Å². The number of hydrogen-bond acceptors (Lipinski definition) is 6. The summed E-state index contributed by atoms with van der Waals surface area (Å²) in [4.78, 5) is 16.6. The summed E-state index contributed by atoms with van der Waals surface area (Å²) in [5.74, 6) is 0.548. The number of amides is 1. The number of hydrogen-bond donors (Lipinski definition) is 1. The zero-order valence-corrected chi connectivity index (χ0v) is 19.6. The maximum absolute atomic E-state index is 13.2. The van der Waals surface area contributed by atoms with Crippen LogP contribution in [0.3, 0.4) is 0 Å². The van der Waals surface area contributed by atoms with Gasteiger partial charge in [0.05, 0.1) is 6.61 Å². The number of carbonyl (C=O) groups excluding carboxylic acids is 1. The Hall–Kier alpha value is -2.20. The van der Waals surface area contributed by atoms with Crippen molar-refractivity contribution in [2.45, 2.75) is 30.0 Å². The van der Waals surface area contributed by atoms with E-state index in [1.54, 1.807) is 22.4 Å². The molecule has 1 N–H and O–H groups in total. The molecular formula is C22H24N2O4S3. The SMILES string of the molecule is CCOc1cc(-c2ccccc2)sc1C(=O)N1CCC(NS(=O)(=O)c2cccs2)CC1. The van der Waals surface area contributed by atoms with Crippen LogP contribution in [0.15, 0.2) is 58.1 Å². The Bertz CT molecular complexity index is 1120. The summed E-state index contributed by atoms with van der Waals surface area (Å²) in [5.41, 5.74) is 1.05. The van der Waals surface area contributed by atoms with E-state index in [0.29, 0.717) is 47.4 Å². The van der Waals surface area contributed by atoms with Gasteiger partial charge in [-0.05, 0) is 42.8 Å². The predicted octanol–water partition coefficient (Wildman–Crippen LogP) is 4.46. The Kier molecular flexibility index (Phi) is 6.76. The van der Waals surface area contributed by atoms with E-state index in [2.05, 4.69) is 4.72 Å². The first-order chi connectivity index (χ1) is 15.0. The van der Waals surface area contributed by atoms with Crippen LogP contribution in [0.1, 0.15) is 29.4 Å². The highest BCUT2D eigenvalue weighted by atomic mass is 32.2. The Morgan fingerprint density at radius 2 is 1.90 bits per heavy atom. The van der Waals surface area contributed by atoms with E-state index in [9.17, 15) is 13.2 Å². The minimum atomic E-state index is -3.50. The number of rotatable bonds is 7. The predicted molar refractivity (Wildman–Crippen MR) is 124 cm³/mol. The molecule has 1 aliphatic heterocycles. The highest BCUT2D eigenvalue weighted by Gasteiger charge is 2.30. The monoisotopic (exact) mass is 476 g/mol. The Balaban J connectivity index is 1.44. The van der Waals surface area contributed by atoms with Crippen LogP contribution in [0.2, 0.25) is 0 Å². The summed E-state index contributed by atoms with van der Waals surface area (Å²) in [7, 11) is -3.50. The lowest BCUT2D eigenvalue weighted by Gasteiger charge is -2.32. The summed E-state index contributed by atoms with van der Waals surface area (Å²) in [6.45, 7) is 3.39. The number of ether oxygens (including phenoxy) is 1. The summed E-state index contributed by atoms with van der Waals surface area (Å²) >= 11 is 2.64. The molecule has 1 aromatic carbocycles. The van der Waals surface area contributed by atoms with Crippen molar-refractivity contribution in [3.05, 3.63) is 58.8 Å².